The summed E-state index contributed by atoms with van der Waals surface area (Å²) in [5, 5.41) is 9.77. The molecule has 184 valence electrons. The number of likely N-dealkylation sites (N-methyl/N-ethyl adjacent to an activating group) is 1. The Balaban J connectivity index is 1.77. The number of fused-ring (bicyclic) bond motifs is 1. The monoisotopic (exact) mass is 496 g/mol. The number of rotatable bonds is 9. The predicted octanol–water partition coefficient (Wildman–Crippen LogP) is 6.80. The van der Waals surface area contributed by atoms with E-state index in [0.29, 0.717) is 11.5 Å². The summed E-state index contributed by atoms with van der Waals surface area (Å²) < 4.78 is 0. The summed E-state index contributed by atoms with van der Waals surface area (Å²) in [6.45, 7) is 10.9. The summed E-state index contributed by atoms with van der Waals surface area (Å²) in [6, 6.07) is 8.21. The summed E-state index contributed by atoms with van der Waals surface area (Å²) in [4.78, 5) is 16.7. The molecule has 7 heteroatoms. The zero-order chi connectivity index (χ0) is 25.7. The lowest BCUT2D eigenvalue weighted by Crippen LogP contribution is -2.14. The first-order valence-electron chi connectivity index (χ1n) is 11.9. The van der Waals surface area contributed by atoms with Crippen LogP contribution in [0, 0.1) is 6.92 Å². The van der Waals surface area contributed by atoms with Gasteiger partial charge in [-0.3, -0.25) is 5.10 Å². The maximum absolute atomic E-state index is 4.99. The quantitative estimate of drug-likeness (QED) is 0.250. The number of H-pyrrole nitrogens is 2. The van der Waals surface area contributed by atoms with Crippen molar-refractivity contribution in [1.29, 1.82) is 0 Å². The fourth-order valence-electron chi connectivity index (χ4n) is 4.00. The standard InChI is InChI=1S/C29H32N6S/c1-7-10-12-22(25-13-11-16-36-25)26-19(4)30-29(32-26)28-27-24(33-34-28)15-14-23(31-27)21(9-3)17-20(8-2)18-35(5)6/h7-17H,2,18H2,1,3-6H3,(H,30,32)(H,33,34)/b10-7-,20-17+,21-9+,22-12-. The van der Waals surface area contributed by atoms with Gasteiger partial charge in [-0.2, -0.15) is 5.10 Å². The summed E-state index contributed by atoms with van der Waals surface area (Å²) >= 11 is 1.70. The topological polar surface area (TPSA) is 73.5 Å². The van der Waals surface area contributed by atoms with Gasteiger partial charge >= 0.3 is 0 Å². The normalized spacial score (nSPS) is 13.4. The molecule has 2 N–H and O–H groups in total. The summed E-state index contributed by atoms with van der Waals surface area (Å²) in [7, 11) is 4.10. The van der Waals surface area contributed by atoms with Crippen molar-refractivity contribution in [1.82, 2.24) is 30.0 Å². The van der Waals surface area contributed by atoms with E-state index in [1.165, 1.54) is 4.88 Å². The number of allylic oxidation sites excluding steroid dienone is 6. The summed E-state index contributed by atoms with van der Waals surface area (Å²) in [5.41, 5.74) is 8.36. The molecule has 4 rings (SSSR count). The van der Waals surface area contributed by atoms with E-state index in [1.807, 2.05) is 65.2 Å². The Kier molecular flexibility index (Phi) is 7.93. The van der Waals surface area contributed by atoms with E-state index in [2.05, 4.69) is 62.4 Å². The third-order valence-corrected chi connectivity index (χ3v) is 6.63. The number of pyridine rings is 1. The van der Waals surface area contributed by atoms with Crippen molar-refractivity contribution in [3.63, 3.8) is 0 Å². The highest BCUT2D eigenvalue weighted by Gasteiger charge is 2.19. The summed E-state index contributed by atoms with van der Waals surface area (Å²) in [5.74, 6) is 0.693. The van der Waals surface area contributed by atoms with Crippen molar-refractivity contribution < 1.29 is 0 Å². The molecule has 0 saturated heterocycles. The van der Waals surface area contributed by atoms with Crippen LogP contribution in [0.15, 0.2) is 78.3 Å². The molecule has 4 aromatic rings. The van der Waals surface area contributed by atoms with Gasteiger partial charge in [0.2, 0.25) is 0 Å². The molecule has 0 aliphatic carbocycles. The van der Waals surface area contributed by atoms with Gasteiger partial charge in [-0.05, 0) is 75.7 Å². The van der Waals surface area contributed by atoms with Gasteiger partial charge in [0.05, 0.1) is 16.9 Å². The first-order chi connectivity index (χ1) is 17.4. The molecule has 0 aromatic carbocycles. The third kappa shape index (κ3) is 5.37. The molecule has 36 heavy (non-hydrogen) atoms. The van der Waals surface area contributed by atoms with Crippen LogP contribution in [0.5, 0.6) is 0 Å². The Morgan fingerprint density at radius 1 is 1.17 bits per heavy atom. The van der Waals surface area contributed by atoms with Crippen LogP contribution in [0.25, 0.3) is 33.7 Å². The van der Waals surface area contributed by atoms with Crippen LogP contribution in [0.3, 0.4) is 0 Å². The van der Waals surface area contributed by atoms with Crippen molar-refractivity contribution >= 4 is 33.5 Å². The predicted molar refractivity (Wildman–Crippen MR) is 153 cm³/mol. The lowest BCUT2D eigenvalue weighted by atomic mass is 10.1. The molecule has 0 bridgehead atoms. The van der Waals surface area contributed by atoms with Crippen LogP contribution in [0.1, 0.15) is 35.8 Å². The average molecular weight is 497 g/mol. The van der Waals surface area contributed by atoms with E-state index in [-0.39, 0.29) is 0 Å². The Morgan fingerprint density at radius 3 is 2.67 bits per heavy atom. The Labute approximate surface area is 216 Å². The molecule has 4 heterocycles. The van der Waals surface area contributed by atoms with Crippen LogP contribution >= 0.6 is 11.3 Å². The minimum absolute atomic E-state index is 0.693. The maximum Gasteiger partial charge on any atom is 0.161 e. The molecular weight excluding hydrogens is 464 g/mol. The molecule has 0 atom stereocenters. The van der Waals surface area contributed by atoms with Crippen LogP contribution in [0.4, 0.5) is 0 Å². The SMILES string of the molecule is C=C/C(=C\C(=C/C)c1ccc2[nH]nc(-c3nc(/C(=C\C=C/C)c4cccs4)c(C)[nH]3)c2n1)CN(C)C. The van der Waals surface area contributed by atoms with Gasteiger partial charge in [0.15, 0.2) is 11.5 Å². The van der Waals surface area contributed by atoms with Crippen molar-refractivity contribution in [2.24, 2.45) is 0 Å². The van der Waals surface area contributed by atoms with Crippen molar-refractivity contribution in [3.8, 4) is 11.5 Å². The van der Waals surface area contributed by atoms with Crippen molar-refractivity contribution in [3.05, 3.63) is 100 Å². The smallest absolute Gasteiger partial charge is 0.161 e. The van der Waals surface area contributed by atoms with Gasteiger partial charge < -0.3 is 9.88 Å². The molecular formula is C29H32N6S. The minimum atomic E-state index is 0.693. The number of aromatic amines is 2. The third-order valence-electron chi connectivity index (χ3n) is 5.72. The number of hydrogen-bond donors (Lipinski definition) is 2. The number of imidazole rings is 1. The molecule has 0 saturated carbocycles. The largest absolute Gasteiger partial charge is 0.340 e. The van der Waals surface area contributed by atoms with E-state index in [0.717, 1.165) is 51.4 Å². The second-order valence-electron chi connectivity index (χ2n) is 8.71. The lowest BCUT2D eigenvalue weighted by Gasteiger charge is -2.11. The summed E-state index contributed by atoms with van der Waals surface area (Å²) in [6.07, 6.45) is 12.3. The molecule has 0 aliphatic heterocycles. The molecule has 0 aliphatic rings. The van der Waals surface area contributed by atoms with E-state index in [4.69, 9.17) is 9.97 Å². The van der Waals surface area contributed by atoms with Crippen LogP contribution < -0.4 is 0 Å². The fraction of sp³-hybridized carbons (Fsp3) is 0.207. The van der Waals surface area contributed by atoms with E-state index >= 15 is 0 Å². The molecule has 4 aromatic heterocycles. The van der Waals surface area contributed by atoms with E-state index in [1.54, 1.807) is 11.3 Å². The zero-order valence-corrected chi connectivity index (χ0v) is 22.3. The van der Waals surface area contributed by atoms with Gasteiger partial charge in [0.1, 0.15) is 5.52 Å². The number of nitrogens with zero attached hydrogens (tertiary/aromatic N) is 4. The Bertz CT molecular complexity index is 1480. The minimum Gasteiger partial charge on any atom is -0.340 e. The van der Waals surface area contributed by atoms with Crippen LogP contribution in [-0.2, 0) is 0 Å². The van der Waals surface area contributed by atoms with Gasteiger partial charge in [0.25, 0.3) is 0 Å². The van der Waals surface area contributed by atoms with E-state index in [9.17, 15) is 0 Å². The maximum atomic E-state index is 4.99. The molecule has 0 spiro atoms. The first-order valence-corrected chi connectivity index (χ1v) is 12.8. The van der Waals surface area contributed by atoms with Crippen molar-refractivity contribution in [2.45, 2.75) is 20.8 Å². The Hall–Kier alpha value is -3.81. The molecule has 0 amide bonds. The molecule has 0 unspecified atom stereocenters. The molecule has 6 nitrogen and oxygen atoms in total. The Morgan fingerprint density at radius 2 is 2.00 bits per heavy atom. The lowest BCUT2D eigenvalue weighted by molar-refractivity contribution is 0.449. The second kappa shape index (κ2) is 11.3. The average Bonchev–Trinajstić information content (AvgIpc) is 3.62. The second-order valence-corrected chi connectivity index (χ2v) is 9.66. The number of aromatic nitrogens is 5. The van der Waals surface area contributed by atoms with Crippen LogP contribution in [-0.4, -0.2) is 50.7 Å². The number of thiophene rings is 1. The van der Waals surface area contributed by atoms with Gasteiger partial charge in [-0.15, -0.1) is 11.3 Å². The van der Waals surface area contributed by atoms with Gasteiger partial charge in [-0.1, -0.05) is 43.0 Å². The first kappa shape index (κ1) is 25.3. The van der Waals surface area contributed by atoms with Gasteiger partial charge in [-0.25, -0.2) is 9.97 Å². The zero-order valence-electron chi connectivity index (χ0n) is 21.5. The highest BCUT2D eigenvalue weighted by atomic mass is 32.1. The highest BCUT2D eigenvalue weighted by molar-refractivity contribution is 7.11. The highest BCUT2D eigenvalue weighted by Crippen LogP contribution is 2.32. The number of hydrogen-bond acceptors (Lipinski definition) is 5. The van der Waals surface area contributed by atoms with Crippen molar-refractivity contribution in [2.75, 3.05) is 20.6 Å². The van der Waals surface area contributed by atoms with Gasteiger partial charge in [0, 0.05) is 22.7 Å². The fourth-order valence-corrected chi connectivity index (χ4v) is 4.75. The number of aryl methyl sites for hydroxylation is 1. The van der Waals surface area contributed by atoms with Crippen LogP contribution in [0.2, 0.25) is 0 Å². The number of nitrogens with one attached hydrogen (secondary N) is 2. The van der Waals surface area contributed by atoms with E-state index < -0.39 is 0 Å². The molecule has 0 fully saturated rings. The molecule has 0 radical (unpaired) electrons.